The van der Waals surface area contributed by atoms with Crippen molar-refractivity contribution in [3.8, 4) is 0 Å². The summed E-state index contributed by atoms with van der Waals surface area (Å²) >= 11 is 0. The van der Waals surface area contributed by atoms with E-state index in [0.29, 0.717) is 6.61 Å². The summed E-state index contributed by atoms with van der Waals surface area (Å²) in [7, 11) is 2.48. The summed E-state index contributed by atoms with van der Waals surface area (Å²) in [6.45, 7) is 0.722. The SMILES string of the molecule is COC(=O)C(CCOCc1ccccc1)C(=O)OC. The van der Waals surface area contributed by atoms with Crippen molar-refractivity contribution in [3.63, 3.8) is 0 Å². The Hall–Kier alpha value is -1.88. The van der Waals surface area contributed by atoms with Crippen molar-refractivity contribution in [1.29, 1.82) is 0 Å². The highest BCUT2D eigenvalue weighted by molar-refractivity contribution is 5.94. The first-order valence-electron chi connectivity index (χ1n) is 5.96. The lowest BCUT2D eigenvalue weighted by molar-refractivity contribution is -0.159. The molecule has 5 heteroatoms. The molecule has 0 amide bonds. The van der Waals surface area contributed by atoms with Gasteiger partial charge in [0.1, 0.15) is 0 Å². The Morgan fingerprint density at radius 3 is 2.16 bits per heavy atom. The summed E-state index contributed by atoms with van der Waals surface area (Å²) in [6.07, 6.45) is 0.242. The van der Waals surface area contributed by atoms with Crippen LogP contribution in [0.5, 0.6) is 0 Å². The van der Waals surface area contributed by atoms with Crippen LogP contribution in [0.3, 0.4) is 0 Å². The quantitative estimate of drug-likeness (QED) is 0.426. The standard InChI is InChI=1S/C14H18O5/c1-17-13(15)12(14(16)18-2)8-9-19-10-11-6-4-3-5-7-11/h3-7,12H,8-10H2,1-2H3. The molecule has 0 atom stereocenters. The van der Waals surface area contributed by atoms with Gasteiger partial charge in [-0.3, -0.25) is 9.59 Å². The summed E-state index contributed by atoms with van der Waals surface area (Å²) in [5.41, 5.74) is 1.04. The maximum atomic E-state index is 11.4. The molecule has 1 aromatic carbocycles. The normalized spacial score (nSPS) is 10.3. The highest BCUT2D eigenvalue weighted by atomic mass is 16.5. The van der Waals surface area contributed by atoms with Gasteiger partial charge in [-0.05, 0) is 12.0 Å². The third-order valence-corrected chi connectivity index (χ3v) is 2.63. The minimum Gasteiger partial charge on any atom is -0.468 e. The van der Waals surface area contributed by atoms with Crippen molar-refractivity contribution < 1.29 is 23.8 Å². The average molecular weight is 266 g/mol. The number of rotatable bonds is 7. The molecule has 0 bridgehead atoms. The molecule has 0 N–H and O–H groups in total. The van der Waals surface area contributed by atoms with Crippen LogP contribution in [0.1, 0.15) is 12.0 Å². The number of ether oxygens (including phenoxy) is 3. The van der Waals surface area contributed by atoms with Crippen molar-refractivity contribution in [2.24, 2.45) is 5.92 Å². The van der Waals surface area contributed by atoms with E-state index in [4.69, 9.17) is 4.74 Å². The van der Waals surface area contributed by atoms with Crippen molar-refractivity contribution in [2.75, 3.05) is 20.8 Å². The minimum atomic E-state index is -0.925. The van der Waals surface area contributed by atoms with Crippen LogP contribution in [0.15, 0.2) is 30.3 Å². The molecule has 19 heavy (non-hydrogen) atoms. The van der Waals surface area contributed by atoms with Crippen LogP contribution >= 0.6 is 0 Å². The Morgan fingerprint density at radius 2 is 1.63 bits per heavy atom. The van der Waals surface area contributed by atoms with E-state index in [2.05, 4.69) is 9.47 Å². The maximum Gasteiger partial charge on any atom is 0.320 e. The van der Waals surface area contributed by atoms with E-state index in [1.165, 1.54) is 14.2 Å². The van der Waals surface area contributed by atoms with Gasteiger partial charge in [0.25, 0.3) is 0 Å². The molecule has 1 rings (SSSR count). The van der Waals surface area contributed by atoms with Crippen molar-refractivity contribution in [3.05, 3.63) is 35.9 Å². The second-order valence-electron chi connectivity index (χ2n) is 3.93. The van der Waals surface area contributed by atoms with E-state index in [-0.39, 0.29) is 13.0 Å². The number of carbonyl (C=O) groups is 2. The Bertz CT molecular complexity index is 386. The Balaban J connectivity index is 2.36. The molecule has 5 nitrogen and oxygen atoms in total. The molecule has 0 aromatic heterocycles. The van der Waals surface area contributed by atoms with E-state index < -0.39 is 17.9 Å². The average Bonchev–Trinajstić information content (AvgIpc) is 2.47. The number of methoxy groups -OCH3 is 2. The van der Waals surface area contributed by atoms with Crippen molar-refractivity contribution in [1.82, 2.24) is 0 Å². The molecule has 0 aliphatic carbocycles. The predicted octanol–water partition coefficient (Wildman–Crippen LogP) is 1.56. The van der Waals surface area contributed by atoms with Crippen LogP contribution < -0.4 is 0 Å². The van der Waals surface area contributed by atoms with Gasteiger partial charge in [0.05, 0.1) is 20.8 Å². The van der Waals surface area contributed by atoms with Gasteiger partial charge in [0.15, 0.2) is 5.92 Å². The van der Waals surface area contributed by atoms with Gasteiger partial charge in [-0.1, -0.05) is 30.3 Å². The topological polar surface area (TPSA) is 61.8 Å². The fourth-order valence-electron chi connectivity index (χ4n) is 1.58. The number of esters is 2. The van der Waals surface area contributed by atoms with Crippen LogP contribution in [-0.4, -0.2) is 32.8 Å². The first-order valence-corrected chi connectivity index (χ1v) is 5.96. The zero-order valence-electron chi connectivity index (χ0n) is 11.1. The molecule has 0 saturated heterocycles. The Labute approximate surface area is 112 Å². The Morgan fingerprint density at radius 1 is 1.05 bits per heavy atom. The van der Waals surface area contributed by atoms with Gasteiger partial charge in [0.2, 0.25) is 0 Å². The number of hydrogen-bond acceptors (Lipinski definition) is 5. The lowest BCUT2D eigenvalue weighted by Crippen LogP contribution is -2.27. The fraction of sp³-hybridized carbons (Fsp3) is 0.429. The van der Waals surface area contributed by atoms with Crippen LogP contribution in [0.4, 0.5) is 0 Å². The zero-order valence-corrected chi connectivity index (χ0v) is 11.1. The second kappa shape index (κ2) is 8.26. The molecule has 0 fully saturated rings. The number of hydrogen-bond donors (Lipinski definition) is 0. The van der Waals surface area contributed by atoms with Crippen molar-refractivity contribution in [2.45, 2.75) is 13.0 Å². The van der Waals surface area contributed by atoms with Gasteiger partial charge in [-0.25, -0.2) is 0 Å². The fourth-order valence-corrected chi connectivity index (χ4v) is 1.58. The highest BCUT2D eigenvalue weighted by Crippen LogP contribution is 2.09. The van der Waals surface area contributed by atoms with Gasteiger partial charge in [0, 0.05) is 6.61 Å². The van der Waals surface area contributed by atoms with Crippen LogP contribution in [0.2, 0.25) is 0 Å². The molecule has 0 radical (unpaired) electrons. The Kier molecular flexibility index (Phi) is 6.60. The van der Waals surface area contributed by atoms with E-state index in [9.17, 15) is 9.59 Å². The van der Waals surface area contributed by atoms with E-state index >= 15 is 0 Å². The van der Waals surface area contributed by atoms with Gasteiger partial charge >= 0.3 is 11.9 Å². The monoisotopic (exact) mass is 266 g/mol. The molecule has 0 spiro atoms. The molecular weight excluding hydrogens is 248 g/mol. The van der Waals surface area contributed by atoms with Crippen LogP contribution in [-0.2, 0) is 30.4 Å². The van der Waals surface area contributed by atoms with Gasteiger partial charge < -0.3 is 14.2 Å². The van der Waals surface area contributed by atoms with Crippen LogP contribution in [0, 0.1) is 5.92 Å². The summed E-state index contributed by atoms with van der Waals surface area (Å²) in [4.78, 5) is 22.8. The summed E-state index contributed by atoms with van der Waals surface area (Å²) < 4.78 is 14.5. The van der Waals surface area contributed by atoms with E-state index in [1.807, 2.05) is 30.3 Å². The van der Waals surface area contributed by atoms with Gasteiger partial charge in [-0.2, -0.15) is 0 Å². The lowest BCUT2D eigenvalue weighted by Gasteiger charge is -2.12. The summed E-state index contributed by atoms with van der Waals surface area (Å²) in [6, 6.07) is 9.65. The summed E-state index contributed by atoms with van der Waals surface area (Å²) in [5, 5.41) is 0. The largest absolute Gasteiger partial charge is 0.468 e. The molecular formula is C14H18O5. The smallest absolute Gasteiger partial charge is 0.320 e. The molecule has 0 aliphatic rings. The molecule has 0 aliphatic heterocycles. The highest BCUT2D eigenvalue weighted by Gasteiger charge is 2.28. The second-order valence-corrected chi connectivity index (χ2v) is 3.93. The lowest BCUT2D eigenvalue weighted by atomic mass is 10.1. The molecule has 0 heterocycles. The van der Waals surface area contributed by atoms with E-state index in [1.54, 1.807) is 0 Å². The number of benzene rings is 1. The first kappa shape index (κ1) is 15.2. The maximum absolute atomic E-state index is 11.4. The molecule has 0 unspecified atom stereocenters. The molecule has 1 aromatic rings. The number of carbonyl (C=O) groups excluding carboxylic acids is 2. The zero-order chi connectivity index (χ0) is 14.1. The predicted molar refractivity (Wildman–Crippen MR) is 68.2 cm³/mol. The third kappa shape index (κ3) is 5.09. The van der Waals surface area contributed by atoms with E-state index in [0.717, 1.165) is 5.56 Å². The first-order chi connectivity index (χ1) is 9.19. The summed E-state index contributed by atoms with van der Waals surface area (Å²) in [5.74, 6) is -2.13. The minimum absolute atomic E-state index is 0.242. The van der Waals surface area contributed by atoms with Crippen molar-refractivity contribution >= 4 is 11.9 Å². The molecule has 104 valence electrons. The van der Waals surface area contributed by atoms with Gasteiger partial charge in [-0.15, -0.1) is 0 Å². The molecule has 0 saturated carbocycles. The van der Waals surface area contributed by atoms with Crippen LogP contribution in [0.25, 0.3) is 0 Å². The third-order valence-electron chi connectivity index (χ3n) is 2.63.